The summed E-state index contributed by atoms with van der Waals surface area (Å²) in [5.41, 5.74) is 7.10. The van der Waals surface area contributed by atoms with Crippen LogP contribution in [0.3, 0.4) is 0 Å². The van der Waals surface area contributed by atoms with Gasteiger partial charge in [-0.2, -0.15) is 5.10 Å². The van der Waals surface area contributed by atoms with Crippen molar-refractivity contribution in [3.63, 3.8) is 0 Å². The molecule has 3 N–H and O–H groups in total. The SMILES string of the molecule is Cc1[nH]nc(N)c1C(=O)N1CCCN2CCCC2C1. The number of nitrogens with one attached hydrogen (secondary N) is 1. The third-order valence-electron chi connectivity index (χ3n) is 4.28. The molecule has 2 aliphatic heterocycles. The number of hydrogen-bond donors (Lipinski definition) is 2. The van der Waals surface area contributed by atoms with E-state index in [0.29, 0.717) is 17.4 Å². The predicted molar refractivity (Wildman–Crippen MR) is 72.9 cm³/mol. The van der Waals surface area contributed by atoms with Crippen molar-refractivity contribution in [3.8, 4) is 0 Å². The fourth-order valence-electron chi connectivity index (χ4n) is 3.27. The molecule has 0 aromatic carbocycles. The Kier molecular flexibility index (Phi) is 3.18. The summed E-state index contributed by atoms with van der Waals surface area (Å²) >= 11 is 0. The van der Waals surface area contributed by atoms with Crippen LogP contribution >= 0.6 is 0 Å². The molecule has 2 saturated heterocycles. The molecule has 2 aliphatic rings. The van der Waals surface area contributed by atoms with Crippen molar-refractivity contribution >= 4 is 11.7 Å². The van der Waals surface area contributed by atoms with E-state index in [9.17, 15) is 4.79 Å². The van der Waals surface area contributed by atoms with E-state index in [2.05, 4.69) is 15.1 Å². The summed E-state index contributed by atoms with van der Waals surface area (Å²) in [6.45, 7) is 5.77. The van der Waals surface area contributed by atoms with Crippen LogP contribution in [-0.2, 0) is 0 Å². The number of nitrogens with two attached hydrogens (primary N) is 1. The third-order valence-corrected chi connectivity index (χ3v) is 4.28. The first-order valence-corrected chi connectivity index (χ1v) is 7.00. The highest BCUT2D eigenvalue weighted by molar-refractivity contribution is 5.99. The zero-order chi connectivity index (χ0) is 13.4. The first-order chi connectivity index (χ1) is 9.16. The summed E-state index contributed by atoms with van der Waals surface area (Å²) in [6.07, 6.45) is 3.49. The number of rotatable bonds is 1. The second-order valence-electron chi connectivity index (χ2n) is 5.55. The fourth-order valence-corrected chi connectivity index (χ4v) is 3.27. The number of aryl methyl sites for hydroxylation is 1. The second kappa shape index (κ2) is 4.85. The quantitative estimate of drug-likeness (QED) is 0.778. The number of amides is 1. The van der Waals surface area contributed by atoms with Crippen LogP contribution in [0.1, 0.15) is 35.3 Å². The van der Waals surface area contributed by atoms with Gasteiger partial charge in [-0.05, 0) is 32.7 Å². The van der Waals surface area contributed by atoms with Gasteiger partial charge in [0.05, 0.1) is 0 Å². The van der Waals surface area contributed by atoms with Crippen LogP contribution in [0.15, 0.2) is 0 Å². The summed E-state index contributed by atoms with van der Waals surface area (Å²) in [6, 6.07) is 0.528. The fraction of sp³-hybridized carbons (Fsp3) is 0.692. The molecular formula is C13H21N5O. The zero-order valence-corrected chi connectivity index (χ0v) is 11.4. The zero-order valence-electron chi connectivity index (χ0n) is 11.4. The van der Waals surface area contributed by atoms with Crippen molar-refractivity contribution in [2.75, 3.05) is 31.9 Å². The smallest absolute Gasteiger partial charge is 0.259 e. The number of fused-ring (bicyclic) bond motifs is 1. The van der Waals surface area contributed by atoms with E-state index in [1.807, 2.05) is 11.8 Å². The van der Waals surface area contributed by atoms with Gasteiger partial charge in [-0.3, -0.25) is 14.8 Å². The number of aromatic amines is 1. The van der Waals surface area contributed by atoms with E-state index in [4.69, 9.17) is 5.73 Å². The maximum absolute atomic E-state index is 12.6. The van der Waals surface area contributed by atoms with Crippen molar-refractivity contribution in [1.29, 1.82) is 0 Å². The number of nitrogen functional groups attached to an aromatic ring is 1. The molecule has 1 amide bonds. The Hall–Kier alpha value is -1.56. The van der Waals surface area contributed by atoms with E-state index in [0.717, 1.165) is 31.7 Å². The average Bonchev–Trinajstić information content (AvgIpc) is 2.90. The van der Waals surface area contributed by atoms with Gasteiger partial charge in [0.2, 0.25) is 0 Å². The molecule has 1 unspecified atom stereocenters. The molecule has 19 heavy (non-hydrogen) atoms. The Morgan fingerprint density at radius 3 is 2.89 bits per heavy atom. The van der Waals surface area contributed by atoms with E-state index in [1.54, 1.807) is 0 Å². The molecule has 0 radical (unpaired) electrons. The lowest BCUT2D eigenvalue weighted by Gasteiger charge is -2.25. The molecular weight excluding hydrogens is 242 g/mol. The van der Waals surface area contributed by atoms with Crippen LogP contribution in [0, 0.1) is 6.92 Å². The van der Waals surface area contributed by atoms with Crippen LogP contribution in [0.4, 0.5) is 5.82 Å². The van der Waals surface area contributed by atoms with Gasteiger partial charge in [-0.15, -0.1) is 0 Å². The number of anilines is 1. The standard InChI is InChI=1S/C13H21N5O/c1-9-11(12(14)16-15-9)13(19)18-7-3-6-17-5-2-4-10(17)8-18/h10H,2-8H2,1H3,(H3,14,15,16). The molecule has 3 rings (SSSR count). The summed E-state index contributed by atoms with van der Waals surface area (Å²) in [7, 11) is 0. The Balaban J connectivity index is 1.79. The number of aromatic nitrogens is 2. The molecule has 0 saturated carbocycles. The van der Waals surface area contributed by atoms with Crippen LogP contribution < -0.4 is 5.73 Å². The average molecular weight is 263 g/mol. The number of nitrogens with zero attached hydrogens (tertiary/aromatic N) is 3. The Morgan fingerprint density at radius 2 is 2.16 bits per heavy atom. The van der Waals surface area contributed by atoms with E-state index < -0.39 is 0 Å². The molecule has 104 valence electrons. The number of carbonyl (C=O) groups excluding carboxylic acids is 1. The Labute approximate surface area is 112 Å². The highest BCUT2D eigenvalue weighted by Crippen LogP contribution is 2.23. The van der Waals surface area contributed by atoms with Crippen LogP contribution in [0.5, 0.6) is 0 Å². The Bertz CT molecular complexity index is 464. The van der Waals surface area contributed by atoms with Crippen molar-refractivity contribution in [1.82, 2.24) is 20.0 Å². The lowest BCUT2D eigenvalue weighted by atomic mass is 10.1. The van der Waals surface area contributed by atoms with Gasteiger partial charge in [0.15, 0.2) is 5.82 Å². The molecule has 0 bridgehead atoms. The van der Waals surface area contributed by atoms with E-state index in [-0.39, 0.29) is 5.91 Å². The van der Waals surface area contributed by atoms with Crippen molar-refractivity contribution in [2.24, 2.45) is 0 Å². The third kappa shape index (κ3) is 2.20. The maximum Gasteiger partial charge on any atom is 0.259 e. The van der Waals surface area contributed by atoms with Gasteiger partial charge < -0.3 is 10.6 Å². The molecule has 1 atom stereocenters. The monoisotopic (exact) mass is 263 g/mol. The molecule has 1 aromatic rings. The van der Waals surface area contributed by atoms with Crippen molar-refractivity contribution < 1.29 is 4.79 Å². The van der Waals surface area contributed by atoms with Gasteiger partial charge in [-0.1, -0.05) is 0 Å². The second-order valence-corrected chi connectivity index (χ2v) is 5.55. The number of H-pyrrole nitrogens is 1. The summed E-state index contributed by atoms with van der Waals surface area (Å²) < 4.78 is 0. The topological polar surface area (TPSA) is 78.2 Å². The number of hydrogen-bond acceptors (Lipinski definition) is 4. The largest absolute Gasteiger partial charge is 0.382 e. The summed E-state index contributed by atoms with van der Waals surface area (Å²) in [5, 5.41) is 6.70. The molecule has 0 spiro atoms. The molecule has 6 nitrogen and oxygen atoms in total. The molecule has 2 fully saturated rings. The molecule has 3 heterocycles. The normalized spacial score (nSPS) is 24.3. The summed E-state index contributed by atoms with van der Waals surface area (Å²) in [4.78, 5) is 17.1. The number of carbonyl (C=O) groups is 1. The van der Waals surface area contributed by atoms with Gasteiger partial charge >= 0.3 is 0 Å². The van der Waals surface area contributed by atoms with E-state index in [1.165, 1.54) is 19.4 Å². The molecule has 0 aliphatic carbocycles. The predicted octanol–water partition coefficient (Wildman–Crippen LogP) is 0.611. The highest BCUT2D eigenvalue weighted by atomic mass is 16.2. The van der Waals surface area contributed by atoms with Crippen LogP contribution in [0.25, 0.3) is 0 Å². The van der Waals surface area contributed by atoms with Gasteiger partial charge in [0, 0.05) is 31.4 Å². The molecule has 1 aromatic heterocycles. The highest BCUT2D eigenvalue weighted by Gasteiger charge is 2.32. The minimum atomic E-state index is 0.0255. The first kappa shape index (κ1) is 12.5. The minimum absolute atomic E-state index is 0.0255. The van der Waals surface area contributed by atoms with Crippen LogP contribution in [-0.4, -0.2) is 58.1 Å². The van der Waals surface area contributed by atoms with Gasteiger partial charge in [0.1, 0.15) is 5.56 Å². The van der Waals surface area contributed by atoms with Crippen LogP contribution in [0.2, 0.25) is 0 Å². The first-order valence-electron chi connectivity index (χ1n) is 7.00. The van der Waals surface area contributed by atoms with Gasteiger partial charge in [0.25, 0.3) is 5.91 Å². The Morgan fingerprint density at radius 1 is 1.37 bits per heavy atom. The lowest BCUT2D eigenvalue weighted by Crippen LogP contribution is -2.40. The maximum atomic E-state index is 12.6. The van der Waals surface area contributed by atoms with Crippen molar-refractivity contribution in [3.05, 3.63) is 11.3 Å². The van der Waals surface area contributed by atoms with Crippen molar-refractivity contribution in [2.45, 2.75) is 32.2 Å². The van der Waals surface area contributed by atoms with Gasteiger partial charge in [-0.25, -0.2) is 0 Å². The minimum Gasteiger partial charge on any atom is -0.382 e. The molecule has 6 heteroatoms. The summed E-state index contributed by atoms with van der Waals surface area (Å²) in [5.74, 6) is 0.340. The lowest BCUT2D eigenvalue weighted by molar-refractivity contribution is 0.0744. The van der Waals surface area contributed by atoms with E-state index >= 15 is 0 Å².